The maximum atomic E-state index is 11.0. The van der Waals surface area contributed by atoms with Gasteiger partial charge in [-0.2, -0.15) is 0 Å². The first-order valence-corrected chi connectivity index (χ1v) is 5.95. The van der Waals surface area contributed by atoms with Gasteiger partial charge in [0.25, 0.3) is 0 Å². The summed E-state index contributed by atoms with van der Waals surface area (Å²) in [6.45, 7) is 1.77. The van der Waals surface area contributed by atoms with Crippen LogP contribution in [0.5, 0.6) is 11.5 Å². The average Bonchev–Trinajstić information content (AvgIpc) is 2.42. The minimum atomic E-state index is -1.07. The molecule has 0 spiro atoms. The number of ether oxygens (including phenoxy) is 2. The van der Waals surface area contributed by atoms with Gasteiger partial charge in [-0.3, -0.25) is 4.79 Å². The molecule has 0 saturated heterocycles. The number of hydrogen-bond acceptors (Lipinski definition) is 4. The number of carboxylic acids is 1. The van der Waals surface area contributed by atoms with Crippen LogP contribution in [0.4, 0.5) is 0 Å². The summed E-state index contributed by atoms with van der Waals surface area (Å²) in [6, 6.07) is 4.97. The topological polar surface area (TPSA) is 98.9 Å². The summed E-state index contributed by atoms with van der Waals surface area (Å²) in [7, 11) is 1.51. The molecule has 1 rings (SSSR count). The molecular weight excluding hydrogens is 262 g/mol. The number of hydrogen-bond donors (Lipinski definition) is 2. The first-order chi connectivity index (χ1) is 9.43. The number of benzene rings is 1. The van der Waals surface area contributed by atoms with Crippen molar-refractivity contribution in [2.24, 2.45) is 11.7 Å². The molecule has 1 aromatic rings. The molecule has 1 unspecified atom stereocenters. The van der Waals surface area contributed by atoms with Crippen molar-refractivity contribution in [3.63, 3.8) is 0 Å². The highest BCUT2D eigenvalue weighted by Gasteiger charge is 2.11. The predicted octanol–water partition coefficient (Wildman–Crippen LogP) is 1.29. The Bertz CT molecular complexity index is 524. The molecule has 1 amide bonds. The van der Waals surface area contributed by atoms with E-state index in [4.69, 9.17) is 20.3 Å². The average molecular weight is 279 g/mol. The monoisotopic (exact) mass is 279 g/mol. The Balaban J connectivity index is 2.93. The highest BCUT2D eigenvalue weighted by atomic mass is 16.5. The first-order valence-electron chi connectivity index (χ1n) is 5.95. The molecule has 6 heteroatoms. The molecule has 6 nitrogen and oxygen atoms in total. The van der Waals surface area contributed by atoms with E-state index in [9.17, 15) is 9.59 Å². The van der Waals surface area contributed by atoms with Crippen molar-refractivity contribution in [2.75, 3.05) is 13.7 Å². The van der Waals surface area contributed by atoms with Gasteiger partial charge >= 0.3 is 5.97 Å². The van der Waals surface area contributed by atoms with Crippen LogP contribution in [0.25, 0.3) is 6.08 Å². The summed E-state index contributed by atoms with van der Waals surface area (Å²) in [5.74, 6) is -0.930. The molecule has 0 aromatic heterocycles. The number of carbonyl (C=O) groups is 2. The van der Waals surface area contributed by atoms with E-state index in [0.29, 0.717) is 17.1 Å². The van der Waals surface area contributed by atoms with Crippen molar-refractivity contribution in [3.05, 3.63) is 29.8 Å². The number of nitrogens with two attached hydrogens (primary N) is 1. The summed E-state index contributed by atoms with van der Waals surface area (Å²) >= 11 is 0. The van der Waals surface area contributed by atoms with Gasteiger partial charge in [-0.25, -0.2) is 4.79 Å². The Kier molecular flexibility index (Phi) is 5.58. The van der Waals surface area contributed by atoms with Crippen LogP contribution in [-0.4, -0.2) is 30.7 Å². The lowest BCUT2D eigenvalue weighted by Gasteiger charge is -2.13. The Hall–Kier alpha value is -2.50. The minimum Gasteiger partial charge on any atom is -0.497 e. The lowest BCUT2D eigenvalue weighted by molar-refractivity contribution is -0.131. The van der Waals surface area contributed by atoms with E-state index >= 15 is 0 Å². The van der Waals surface area contributed by atoms with Crippen molar-refractivity contribution in [2.45, 2.75) is 6.92 Å². The fourth-order valence-corrected chi connectivity index (χ4v) is 1.37. The van der Waals surface area contributed by atoms with Crippen LogP contribution in [0, 0.1) is 5.92 Å². The van der Waals surface area contributed by atoms with Gasteiger partial charge in [0.15, 0.2) is 0 Å². The number of carbonyl (C=O) groups excluding carboxylic acids is 1. The molecule has 108 valence electrons. The number of methoxy groups -OCH3 is 1. The summed E-state index contributed by atoms with van der Waals surface area (Å²) in [5.41, 5.74) is 5.70. The molecule has 20 heavy (non-hydrogen) atoms. The molecule has 1 aromatic carbocycles. The van der Waals surface area contributed by atoms with Gasteiger partial charge in [0, 0.05) is 11.6 Å². The standard InChI is InChI=1S/C14H17NO5/c1-9(14(15)18)8-20-12-5-4-11(19-2)7-10(12)3-6-13(16)17/h3-7,9H,8H2,1-2H3,(H2,15,18)(H,16,17)/b6-3+. The van der Waals surface area contributed by atoms with Crippen LogP contribution in [-0.2, 0) is 9.59 Å². The van der Waals surface area contributed by atoms with Gasteiger partial charge in [-0.05, 0) is 24.3 Å². The van der Waals surface area contributed by atoms with Gasteiger partial charge < -0.3 is 20.3 Å². The zero-order chi connectivity index (χ0) is 15.1. The molecule has 0 saturated carbocycles. The highest BCUT2D eigenvalue weighted by Crippen LogP contribution is 2.25. The third-order valence-corrected chi connectivity index (χ3v) is 2.60. The second kappa shape index (κ2) is 7.18. The van der Waals surface area contributed by atoms with Crippen LogP contribution in [0.2, 0.25) is 0 Å². The van der Waals surface area contributed by atoms with Gasteiger partial charge in [-0.1, -0.05) is 6.92 Å². The molecule has 0 aliphatic carbocycles. The zero-order valence-corrected chi connectivity index (χ0v) is 11.3. The molecule has 3 N–H and O–H groups in total. The lowest BCUT2D eigenvalue weighted by Crippen LogP contribution is -2.25. The van der Waals surface area contributed by atoms with Crippen LogP contribution in [0.3, 0.4) is 0 Å². The summed E-state index contributed by atoms with van der Waals surface area (Å²) < 4.78 is 10.6. The van der Waals surface area contributed by atoms with Gasteiger partial charge in [-0.15, -0.1) is 0 Å². The number of aliphatic carboxylic acids is 1. The van der Waals surface area contributed by atoms with Gasteiger partial charge in [0.1, 0.15) is 11.5 Å². The van der Waals surface area contributed by atoms with Crippen molar-refractivity contribution in [1.29, 1.82) is 0 Å². The van der Waals surface area contributed by atoms with Crippen LogP contribution in [0.15, 0.2) is 24.3 Å². The van der Waals surface area contributed by atoms with E-state index in [1.54, 1.807) is 25.1 Å². The van der Waals surface area contributed by atoms with Crippen molar-refractivity contribution in [3.8, 4) is 11.5 Å². The minimum absolute atomic E-state index is 0.121. The fraction of sp³-hybridized carbons (Fsp3) is 0.286. The van der Waals surface area contributed by atoms with Crippen molar-refractivity contribution in [1.82, 2.24) is 0 Å². The summed E-state index contributed by atoms with van der Waals surface area (Å²) in [5, 5.41) is 8.66. The molecule has 0 fully saturated rings. The molecule has 0 aliphatic rings. The normalized spacial score (nSPS) is 12.1. The SMILES string of the molecule is COc1ccc(OCC(C)C(N)=O)c(/C=C/C(=O)O)c1. The third-order valence-electron chi connectivity index (χ3n) is 2.60. The second-order valence-corrected chi connectivity index (χ2v) is 4.19. The van der Waals surface area contributed by atoms with Crippen LogP contribution < -0.4 is 15.2 Å². The van der Waals surface area contributed by atoms with E-state index in [2.05, 4.69) is 0 Å². The van der Waals surface area contributed by atoms with E-state index in [1.165, 1.54) is 13.2 Å². The Morgan fingerprint density at radius 2 is 2.15 bits per heavy atom. The fourth-order valence-electron chi connectivity index (χ4n) is 1.37. The second-order valence-electron chi connectivity index (χ2n) is 4.19. The van der Waals surface area contributed by atoms with Crippen molar-refractivity contribution < 1.29 is 24.2 Å². The molecule has 0 heterocycles. The lowest BCUT2D eigenvalue weighted by atomic mass is 10.1. The van der Waals surface area contributed by atoms with E-state index < -0.39 is 17.8 Å². The smallest absolute Gasteiger partial charge is 0.328 e. The van der Waals surface area contributed by atoms with E-state index in [1.807, 2.05) is 0 Å². The number of carboxylic acid groups (broad SMARTS) is 1. The number of rotatable bonds is 7. The zero-order valence-electron chi connectivity index (χ0n) is 11.3. The molecular formula is C14H17NO5. The molecule has 0 radical (unpaired) electrons. The Morgan fingerprint density at radius 1 is 1.45 bits per heavy atom. The molecule has 0 bridgehead atoms. The van der Waals surface area contributed by atoms with Crippen molar-refractivity contribution >= 4 is 18.0 Å². The van der Waals surface area contributed by atoms with Crippen LogP contribution in [0.1, 0.15) is 12.5 Å². The Morgan fingerprint density at radius 3 is 2.70 bits per heavy atom. The number of amides is 1. The summed E-state index contributed by atoms with van der Waals surface area (Å²) in [6.07, 6.45) is 2.40. The van der Waals surface area contributed by atoms with Crippen LogP contribution >= 0.6 is 0 Å². The molecule has 1 atom stereocenters. The van der Waals surface area contributed by atoms with Gasteiger partial charge in [0.05, 0.1) is 19.6 Å². The third kappa shape index (κ3) is 4.64. The predicted molar refractivity (Wildman–Crippen MR) is 73.5 cm³/mol. The maximum absolute atomic E-state index is 11.0. The molecule has 0 aliphatic heterocycles. The highest BCUT2D eigenvalue weighted by molar-refractivity contribution is 5.86. The largest absolute Gasteiger partial charge is 0.497 e. The Labute approximate surface area is 116 Å². The van der Waals surface area contributed by atoms with E-state index in [-0.39, 0.29) is 6.61 Å². The maximum Gasteiger partial charge on any atom is 0.328 e. The summed E-state index contributed by atoms with van der Waals surface area (Å²) in [4.78, 5) is 21.5. The van der Waals surface area contributed by atoms with Gasteiger partial charge in [0.2, 0.25) is 5.91 Å². The number of primary amides is 1. The quantitative estimate of drug-likeness (QED) is 0.733. The first kappa shape index (κ1) is 15.6. The van der Waals surface area contributed by atoms with E-state index in [0.717, 1.165) is 6.08 Å².